The van der Waals surface area contributed by atoms with Crippen LogP contribution in [0.3, 0.4) is 0 Å². The van der Waals surface area contributed by atoms with Crippen LogP contribution in [0.4, 0.5) is 0 Å². The Morgan fingerprint density at radius 3 is 2.63 bits per heavy atom. The fraction of sp³-hybridized carbons (Fsp3) is 0.500. The fourth-order valence-electron chi connectivity index (χ4n) is 4.92. The quantitative estimate of drug-likeness (QED) is 0.748. The van der Waals surface area contributed by atoms with Crippen molar-refractivity contribution in [2.75, 3.05) is 13.6 Å². The van der Waals surface area contributed by atoms with E-state index >= 15 is 0 Å². The second kappa shape index (κ2) is 5.90. The summed E-state index contributed by atoms with van der Waals surface area (Å²) in [5.41, 5.74) is 0.693. The summed E-state index contributed by atoms with van der Waals surface area (Å²) in [6.45, 7) is 0.980. The van der Waals surface area contributed by atoms with Crippen LogP contribution < -0.4 is 5.56 Å². The van der Waals surface area contributed by atoms with Gasteiger partial charge >= 0.3 is 0 Å². The molecule has 2 saturated heterocycles. The SMILES string of the molecule is CN1C[C@@H](C(=O)N2[C@@H]3CC[C@@H]2Cn2c(nc4ccccc4c2=O)C3)CC1=O. The van der Waals surface area contributed by atoms with Crippen molar-refractivity contribution in [2.24, 2.45) is 5.92 Å². The summed E-state index contributed by atoms with van der Waals surface area (Å²) >= 11 is 0. The standard InChI is InChI=1S/C20H22N4O3/c1-22-10-12(8-18(22)25)19(26)24-13-6-7-14(24)11-23-17(9-13)21-16-5-3-2-4-15(16)20(23)27/h2-5,12-14H,6-11H2,1H3/t12-,13+,14+/m0/s1. The number of hydrogen-bond donors (Lipinski definition) is 0. The third kappa shape index (κ3) is 2.48. The van der Waals surface area contributed by atoms with Crippen LogP contribution in [0.15, 0.2) is 29.1 Å². The molecule has 2 amide bonds. The van der Waals surface area contributed by atoms with Gasteiger partial charge in [0.2, 0.25) is 11.8 Å². The molecule has 1 aromatic heterocycles. The van der Waals surface area contributed by atoms with Crippen LogP contribution in [-0.2, 0) is 22.6 Å². The number of amides is 2. The highest BCUT2D eigenvalue weighted by atomic mass is 16.2. The Kier molecular flexibility index (Phi) is 3.60. The number of para-hydroxylation sites is 1. The summed E-state index contributed by atoms with van der Waals surface area (Å²) in [4.78, 5) is 46.4. The Morgan fingerprint density at radius 1 is 1.07 bits per heavy atom. The van der Waals surface area contributed by atoms with E-state index in [9.17, 15) is 14.4 Å². The highest BCUT2D eigenvalue weighted by molar-refractivity contribution is 5.89. The van der Waals surface area contributed by atoms with Crippen LogP contribution in [0.1, 0.15) is 25.1 Å². The number of benzene rings is 1. The Balaban J connectivity index is 1.51. The van der Waals surface area contributed by atoms with Crippen LogP contribution in [0.2, 0.25) is 0 Å². The first-order valence-electron chi connectivity index (χ1n) is 9.57. The van der Waals surface area contributed by atoms with Crippen LogP contribution >= 0.6 is 0 Å². The molecule has 0 spiro atoms. The molecule has 2 fully saturated rings. The zero-order chi connectivity index (χ0) is 18.7. The van der Waals surface area contributed by atoms with Gasteiger partial charge in [0.25, 0.3) is 5.56 Å². The second-order valence-electron chi connectivity index (χ2n) is 7.97. The number of fused-ring (bicyclic) bond motifs is 4. The zero-order valence-corrected chi connectivity index (χ0v) is 15.3. The number of carbonyl (C=O) groups is 2. The molecule has 3 aliphatic rings. The van der Waals surface area contributed by atoms with Gasteiger partial charge in [0.1, 0.15) is 5.82 Å². The smallest absolute Gasteiger partial charge is 0.261 e. The molecule has 2 bridgehead atoms. The first kappa shape index (κ1) is 16.5. The Hall–Kier alpha value is -2.70. The van der Waals surface area contributed by atoms with Gasteiger partial charge in [-0.25, -0.2) is 4.98 Å². The molecule has 0 aliphatic carbocycles. The van der Waals surface area contributed by atoms with Crippen molar-refractivity contribution in [1.82, 2.24) is 19.4 Å². The van der Waals surface area contributed by atoms with Crippen molar-refractivity contribution >= 4 is 22.7 Å². The van der Waals surface area contributed by atoms with E-state index in [0.717, 1.165) is 18.7 Å². The van der Waals surface area contributed by atoms with E-state index in [2.05, 4.69) is 0 Å². The lowest BCUT2D eigenvalue weighted by atomic mass is 10.1. The molecule has 5 rings (SSSR count). The fourth-order valence-corrected chi connectivity index (χ4v) is 4.92. The van der Waals surface area contributed by atoms with E-state index in [1.165, 1.54) is 0 Å². The molecular formula is C20H22N4O3. The van der Waals surface area contributed by atoms with Crippen LogP contribution in [0, 0.1) is 5.92 Å². The van der Waals surface area contributed by atoms with Crippen molar-refractivity contribution in [3.05, 3.63) is 40.4 Å². The van der Waals surface area contributed by atoms with E-state index in [1.54, 1.807) is 16.5 Å². The van der Waals surface area contributed by atoms with Gasteiger partial charge in [0.05, 0.1) is 22.9 Å². The third-order valence-corrected chi connectivity index (χ3v) is 6.32. The van der Waals surface area contributed by atoms with E-state index in [-0.39, 0.29) is 35.4 Å². The molecule has 0 saturated carbocycles. The van der Waals surface area contributed by atoms with Gasteiger partial charge in [-0.3, -0.25) is 19.0 Å². The first-order valence-corrected chi connectivity index (χ1v) is 9.57. The zero-order valence-electron chi connectivity index (χ0n) is 15.3. The largest absolute Gasteiger partial charge is 0.345 e. The van der Waals surface area contributed by atoms with Gasteiger partial charge in [0, 0.05) is 39.0 Å². The molecule has 4 heterocycles. The van der Waals surface area contributed by atoms with Crippen LogP contribution in [0.25, 0.3) is 10.9 Å². The number of rotatable bonds is 1. The van der Waals surface area contributed by atoms with Gasteiger partial charge in [-0.05, 0) is 25.0 Å². The lowest BCUT2D eigenvalue weighted by Crippen LogP contribution is -2.46. The first-order chi connectivity index (χ1) is 13.0. The molecule has 27 heavy (non-hydrogen) atoms. The van der Waals surface area contributed by atoms with Crippen molar-refractivity contribution < 1.29 is 9.59 Å². The van der Waals surface area contributed by atoms with Gasteiger partial charge in [0.15, 0.2) is 0 Å². The summed E-state index contributed by atoms with van der Waals surface area (Å²) in [5, 5.41) is 0.625. The van der Waals surface area contributed by atoms with Gasteiger partial charge in [-0.1, -0.05) is 12.1 Å². The molecule has 3 atom stereocenters. The van der Waals surface area contributed by atoms with E-state index < -0.39 is 0 Å². The minimum atomic E-state index is -0.268. The summed E-state index contributed by atoms with van der Waals surface area (Å²) in [7, 11) is 1.75. The maximum absolute atomic E-state index is 13.2. The third-order valence-electron chi connectivity index (χ3n) is 6.32. The minimum Gasteiger partial charge on any atom is -0.345 e. The summed E-state index contributed by atoms with van der Waals surface area (Å²) < 4.78 is 1.76. The van der Waals surface area contributed by atoms with E-state index in [1.807, 2.05) is 29.2 Å². The molecule has 3 aliphatic heterocycles. The lowest BCUT2D eigenvalue weighted by molar-refractivity contribution is -0.138. The molecule has 0 unspecified atom stereocenters. The molecule has 2 aromatic rings. The monoisotopic (exact) mass is 366 g/mol. The van der Waals surface area contributed by atoms with Crippen molar-refractivity contribution in [1.29, 1.82) is 0 Å². The highest BCUT2D eigenvalue weighted by Gasteiger charge is 2.44. The average Bonchev–Trinajstić information content (AvgIpc) is 3.14. The normalized spacial score (nSPS) is 27.1. The average molecular weight is 366 g/mol. The summed E-state index contributed by atoms with van der Waals surface area (Å²) in [6.07, 6.45) is 2.71. The molecule has 7 nitrogen and oxygen atoms in total. The summed E-state index contributed by atoms with van der Waals surface area (Å²) in [5.74, 6) is 0.590. The summed E-state index contributed by atoms with van der Waals surface area (Å²) in [6, 6.07) is 7.48. The molecule has 7 heteroatoms. The number of nitrogens with zero attached hydrogens (tertiary/aromatic N) is 4. The van der Waals surface area contributed by atoms with Gasteiger partial charge in [-0.15, -0.1) is 0 Å². The topological polar surface area (TPSA) is 75.5 Å². The maximum Gasteiger partial charge on any atom is 0.261 e. The number of hydrogen-bond acceptors (Lipinski definition) is 4. The molecule has 1 aromatic carbocycles. The predicted molar refractivity (Wildman–Crippen MR) is 99.1 cm³/mol. The van der Waals surface area contributed by atoms with Crippen molar-refractivity contribution in [2.45, 2.75) is 44.3 Å². The lowest BCUT2D eigenvalue weighted by Gasteiger charge is -2.30. The molecule has 0 radical (unpaired) electrons. The predicted octanol–water partition coefficient (Wildman–Crippen LogP) is 0.790. The van der Waals surface area contributed by atoms with E-state index in [0.29, 0.717) is 36.8 Å². The Labute approximate surface area is 156 Å². The number of aromatic nitrogens is 2. The number of carbonyl (C=O) groups excluding carboxylic acids is 2. The Bertz CT molecular complexity index is 1010. The van der Waals surface area contributed by atoms with Crippen LogP contribution in [0.5, 0.6) is 0 Å². The Morgan fingerprint density at radius 2 is 1.85 bits per heavy atom. The minimum absolute atomic E-state index is 0.00502. The highest BCUT2D eigenvalue weighted by Crippen LogP contribution is 2.33. The van der Waals surface area contributed by atoms with E-state index in [4.69, 9.17) is 4.98 Å². The maximum atomic E-state index is 13.2. The van der Waals surface area contributed by atoms with Crippen molar-refractivity contribution in [3.63, 3.8) is 0 Å². The molecule has 0 N–H and O–H groups in total. The van der Waals surface area contributed by atoms with Gasteiger partial charge < -0.3 is 9.80 Å². The second-order valence-corrected chi connectivity index (χ2v) is 7.97. The van der Waals surface area contributed by atoms with Crippen LogP contribution in [-0.4, -0.2) is 56.8 Å². The molecule has 140 valence electrons. The van der Waals surface area contributed by atoms with Gasteiger partial charge in [-0.2, -0.15) is 0 Å². The molecular weight excluding hydrogens is 344 g/mol. The van der Waals surface area contributed by atoms with Crippen molar-refractivity contribution in [3.8, 4) is 0 Å². The number of likely N-dealkylation sites (tertiary alicyclic amines) is 1.